The van der Waals surface area contributed by atoms with E-state index in [4.69, 9.17) is 9.47 Å². The highest BCUT2D eigenvalue weighted by atomic mass is 19.4. The first-order valence-corrected chi connectivity index (χ1v) is 16.7. The fraction of sp³-hybridized carbons (Fsp3) is 0.225. The van der Waals surface area contributed by atoms with Crippen LogP contribution in [-0.2, 0) is 50.4 Å². The third-order valence-corrected chi connectivity index (χ3v) is 8.90. The predicted octanol–water partition coefficient (Wildman–Crippen LogP) is 7.58. The van der Waals surface area contributed by atoms with Crippen molar-refractivity contribution in [3.05, 3.63) is 160 Å². The van der Waals surface area contributed by atoms with Gasteiger partial charge >= 0.3 is 18.2 Å². The maximum atomic E-state index is 14.5. The van der Waals surface area contributed by atoms with Gasteiger partial charge in [-0.15, -0.1) is 0 Å². The fourth-order valence-corrected chi connectivity index (χ4v) is 6.28. The number of anilines is 2. The molecule has 0 aliphatic carbocycles. The molecule has 5 aromatic rings. The van der Waals surface area contributed by atoms with E-state index in [-0.39, 0.29) is 43.1 Å². The minimum Gasteiger partial charge on any atom is -0.461 e. The van der Waals surface area contributed by atoms with Gasteiger partial charge in [0.05, 0.1) is 24.7 Å². The predicted molar refractivity (Wildman–Crippen MR) is 190 cm³/mol. The molecule has 272 valence electrons. The molecule has 2 amide bonds. The average Bonchev–Trinajstić information content (AvgIpc) is 3.46. The van der Waals surface area contributed by atoms with Crippen LogP contribution in [-0.4, -0.2) is 27.5 Å². The van der Waals surface area contributed by atoms with Gasteiger partial charge in [-0.2, -0.15) is 13.2 Å². The highest BCUT2D eigenvalue weighted by Crippen LogP contribution is 2.43. The summed E-state index contributed by atoms with van der Waals surface area (Å²) in [5, 5.41) is 2.81. The summed E-state index contributed by atoms with van der Waals surface area (Å²) in [7, 11) is 0. The lowest BCUT2D eigenvalue weighted by Gasteiger charge is -2.25. The largest absolute Gasteiger partial charge is 0.461 e. The van der Waals surface area contributed by atoms with E-state index in [2.05, 4.69) is 10.3 Å². The van der Waals surface area contributed by atoms with E-state index in [1.54, 1.807) is 67.6 Å². The number of carbonyl (C=O) groups excluding carboxylic acids is 3. The Morgan fingerprint density at radius 1 is 0.849 bits per heavy atom. The van der Waals surface area contributed by atoms with Gasteiger partial charge in [0.2, 0.25) is 5.91 Å². The molecule has 0 unspecified atom stereocenters. The number of hydrogen-bond acceptors (Lipinski definition) is 7. The van der Waals surface area contributed by atoms with E-state index in [0.717, 1.165) is 33.4 Å². The first-order valence-electron chi connectivity index (χ1n) is 16.7. The van der Waals surface area contributed by atoms with Crippen molar-refractivity contribution >= 4 is 29.3 Å². The molecule has 4 aromatic carbocycles. The third-order valence-electron chi connectivity index (χ3n) is 8.90. The Hall–Kier alpha value is -6.24. The number of aromatic nitrogens is 2. The van der Waals surface area contributed by atoms with Crippen molar-refractivity contribution in [1.82, 2.24) is 9.55 Å². The van der Waals surface area contributed by atoms with E-state index < -0.39 is 53.3 Å². The monoisotopic (exact) mass is 724 g/mol. The summed E-state index contributed by atoms with van der Waals surface area (Å²) >= 11 is 0. The van der Waals surface area contributed by atoms with E-state index in [1.165, 1.54) is 12.1 Å². The quantitative estimate of drug-likeness (QED) is 0.140. The summed E-state index contributed by atoms with van der Waals surface area (Å²) in [6, 6.07) is 29.5. The van der Waals surface area contributed by atoms with Crippen LogP contribution in [0.3, 0.4) is 0 Å². The Balaban J connectivity index is 1.38. The number of alkyl halides is 3. The summed E-state index contributed by atoms with van der Waals surface area (Å²) in [6.07, 6.45) is -4.81. The van der Waals surface area contributed by atoms with Gasteiger partial charge in [0, 0.05) is 11.1 Å². The summed E-state index contributed by atoms with van der Waals surface area (Å²) < 4.78 is 53.2. The second kappa shape index (κ2) is 15.6. The first kappa shape index (κ1) is 36.5. The van der Waals surface area contributed by atoms with Crippen LogP contribution in [0.25, 0.3) is 0 Å². The van der Waals surface area contributed by atoms with Crippen LogP contribution < -0.4 is 15.8 Å². The molecule has 1 aliphatic rings. The highest BCUT2D eigenvalue weighted by molar-refractivity contribution is 5.94. The van der Waals surface area contributed by atoms with E-state index >= 15 is 0 Å². The SMILES string of the molecule is C[C@@]1(CC(=O)OCc2ccccc2)C[C@@H](C(=O)Nc2ccccc2)n2c1ncc(N(Cc1cccc(C(F)(F)F)c1)C(=O)OCc1ccccc1)c2=O. The molecular weight excluding hydrogens is 689 g/mol. The summed E-state index contributed by atoms with van der Waals surface area (Å²) in [6.45, 7) is 1.03. The zero-order valence-corrected chi connectivity index (χ0v) is 28.6. The number of rotatable bonds is 11. The van der Waals surface area contributed by atoms with Gasteiger partial charge in [-0.05, 0) is 47.4 Å². The van der Waals surface area contributed by atoms with Crippen LogP contribution in [0.15, 0.2) is 126 Å². The molecule has 0 saturated carbocycles. The van der Waals surface area contributed by atoms with Gasteiger partial charge in [0.25, 0.3) is 5.56 Å². The molecule has 0 saturated heterocycles. The van der Waals surface area contributed by atoms with Gasteiger partial charge in [0.15, 0.2) is 0 Å². The van der Waals surface area contributed by atoms with Gasteiger partial charge < -0.3 is 14.8 Å². The molecule has 0 fully saturated rings. The minimum absolute atomic E-state index is 0.0163. The molecule has 53 heavy (non-hydrogen) atoms. The molecule has 0 bridgehead atoms. The fourth-order valence-electron chi connectivity index (χ4n) is 6.28. The molecule has 2 heterocycles. The van der Waals surface area contributed by atoms with Gasteiger partial charge in [-0.1, -0.05) is 97.9 Å². The molecule has 0 spiro atoms. The van der Waals surface area contributed by atoms with Gasteiger partial charge in [-0.25, -0.2) is 9.78 Å². The zero-order chi connectivity index (χ0) is 37.6. The normalized spacial score (nSPS) is 16.3. The number of benzene rings is 4. The molecule has 10 nitrogen and oxygen atoms in total. The van der Waals surface area contributed by atoms with Crippen molar-refractivity contribution in [2.45, 2.75) is 57.2 Å². The second-order valence-electron chi connectivity index (χ2n) is 12.9. The Labute approximate surface area is 302 Å². The second-order valence-corrected chi connectivity index (χ2v) is 12.9. The Morgan fingerprint density at radius 3 is 2.06 bits per heavy atom. The van der Waals surface area contributed by atoms with E-state index in [1.807, 2.05) is 30.3 Å². The molecule has 1 aliphatic heterocycles. The van der Waals surface area contributed by atoms with Gasteiger partial charge in [-0.3, -0.25) is 23.9 Å². The molecule has 1 aromatic heterocycles. The number of nitrogens with zero attached hydrogens (tertiary/aromatic N) is 3. The summed E-state index contributed by atoms with van der Waals surface area (Å²) in [5.74, 6) is -1.05. The molecule has 1 N–H and O–H groups in total. The lowest BCUT2D eigenvalue weighted by atomic mass is 9.82. The van der Waals surface area contributed by atoms with E-state index in [9.17, 15) is 32.3 Å². The van der Waals surface area contributed by atoms with Crippen molar-refractivity contribution in [2.75, 3.05) is 10.2 Å². The number of para-hydroxylation sites is 1. The maximum absolute atomic E-state index is 14.5. The average molecular weight is 725 g/mol. The standard InChI is InChI=1S/C40H35F3N4O6/c1-39(22-34(48)52-25-27-12-5-2-6-13-27)21-32(35(49)45-31-18-9-4-10-19-31)47-36(50)33(23-44-37(39)47)46(38(51)53-26-28-14-7-3-8-15-28)24-29-16-11-17-30(20-29)40(41,42)43/h2-20,23,32H,21-22,24-26H2,1H3,(H,45,49)/t32-,39-/m0/s1. The number of amides is 2. The molecule has 2 atom stereocenters. The molecule has 6 rings (SSSR count). The number of fused-ring (bicyclic) bond motifs is 1. The van der Waals surface area contributed by atoms with Crippen molar-refractivity contribution < 1.29 is 37.0 Å². The van der Waals surface area contributed by atoms with Crippen LogP contribution in [0.5, 0.6) is 0 Å². The summed E-state index contributed by atoms with van der Waals surface area (Å²) in [5.41, 5.74) is -1.33. The maximum Gasteiger partial charge on any atom is 0.416 e. The highest BCUT2D eigenvalue weighted by Gasteiger charge is 2.48. The van der Waals surface area contributed by atoms with Crippen LogP contribution in [0.1, 0.15) is 53.9 Å². The Morgan fingerprint density at radius 2 is 1.43 bits per heavy atom. The minimum atomic E-state index is -4.66. The molecule has 0 radical (unpaired) electrons. The smallest absolute Gasteiger partial charge is 0.416 e. The summed E-state index contributed by atoms with van der Waals surface area (Å²) in [4.78, 5) is 60.8. The lowest BCUT2D eigenvalue weighted by Crippen LogP contribution is -2.39. The van der Waals surface area contributed by atoms with Crippen LogP contribution in [0.2, 0.25) is 0 Å². The Bertz CT molecular complexity index is 2150. The van der Waals surface area contributed by atoms with Crippen LogP contribution in [0, 0.1) is 0 Å². The van der Waals surface area contributed by atoms with Crippen LogP contribution >= 0.6 is 0 Å². The number of hydrogen-bond donors (Lipinski definition) is 1. The number of halogens is 3. The number of ether oxygens (including phenoxy) is 2. The van der Waals surface area contributed by atoms with Crippen molar-refractivity contribution in [1.29, 1.82) is 0 Å². The first-order chi connectivity index (χ1) is 25.4. The number of esters is 1. The van der Waals surface area contributed by atoms with Crippen LogP contribution in [0.4, 0.5) is 29.3 Å². The topological polar surface area (TPSA) is 120 Å². The van der Waals surface area contributed by atoms with Crippen molar-refractivity contribution in [3.63, 3.8) is 0 Å². The van der Waals surface area contributed by atoms with Crippen molar-refractivity contribution in [3.8, 4) is 0 Å². The zero-order valence-electron chi connectivity index (χ0n) is 28.6. The van der Waals surface area contributed by atoms with Gasteiger partial charge in [0.1, 0.15) is 30.8 Å². The number of carbonyl (C=O) groups is 3. The Kier molecular flexibility index (Phi) is 10.7. The third kappa shape index (κ3) is 8.63. The molecular formula is C40H35F3N4O6. The van der Waals surface area contributed by atoms with Crippen molar-refractivity contribution in [2.24, 2.45) is 0 Å². The lowest BCUT2D eigenvalue weighted by molar-refractivity contribution is -0.146. The van der Waals surface area contributed by atoms with E-state index in [0.29, 0.717) is 11.3 Å². The molecule has 13 heteroatoms. The number of nitrogens with one attached hydrogen (secondary N) is 1.